The largest absolute Gasteiger partial charge is 0.506 e. The first-order valence-electron chi connectivity index (χ1n) is 6.89. The lowest BCUT2D eigenvalue weighted by atomic mass is 10.2. The summed E-state index contributed by atoms with van der Waals surface area (Å²) in [5.41, 5.74) is -0.119. The van der Waals surface area contributed by atoms with Gasteiger partial charge in [-0.05, 0) is 24.5 Å². The zero-order valence-electron chi connectivity index (χ0n) is 12.1. The van der Waals surface area contributed by atoms with Gasteiger partial charge in [0.1, 0.15) is 12.3 Å². The second kappa shape index (κ2) is 7.06. The van der Waals surface area contributed by atoms with E-state index >= 15 is 0 Å². The normalized spacial score (nSPS) is 19.7. The van der Waals surface area contributed by atoms with E-state index in [0.29, 0.717) is 6.42 Å². The maximum atomic E-state index is 12.0. The number of phenolic OH excluding ortho intramolecular Hbond substituents is 1. The monoisotopic (exact) mass is 384 g/mol. The molecule has 1 aliphatic carbocycles. The molecule has 24 heavy (non-hydrogen) atoms. The Morgan fingerprint density at radius 1 is 1.25 bits per heavy atom. The Hall–Kier alpha value is -1.67. The van der Waals surface area contributed by atoms with Crippen LogP contribution in [0.15, 0.2) is 12.1 Å². The number of benzene rings is 1. The smallest absolute Gasteiger partial charge is 0.405 e. The number of halogens is 5. The molecule has 0 bridgehead atoms. The van der Waals surface area contributed by atoms with E-state index in [1.165, 1.54) is 12.1 Å². The summed E-state index contributed by atoms with van der Waals surface area (Å²) in [5, 5.41) is 14.1. The first-order valence-corrected chi connectivity index (χ1v) is 7.64. The lowest BCUT2D eigenvalue weighted by Crippen LogP contribution is -2.35. The molecule has 2 rings (SSSR count). The third-order valence-electron chi connectivity index (χ3n) is 3.52. The number of nitrogens with one attached hydrogen (secondary N) is 2. The molecule has 1 fully saturated rings. The van der Waals surface area contributed by atoms with Gasteiger partial charge in [-0.2, -0.15) is 13.2 Å². The van der Waals surface area contributed by atoms with E-state index in [4.69, 9.17) is 23.2 Å². The Morgan fingerprint density at radius 3 is 2.54 bits per heavy atom. The fourth-order valence-electron chi connectivity index (χ4n) is 2.17. The maximum Gasteiger partial charge on any atom is 0.405 e. The summed E-state index contributed by atoms with van der Waals surface area (Å²) in [6.07, 6.45) is -4.08. The molecule has 3 N–H and O–H groups in total. The van der Waals surface area contributed by atoms with Crippen LogP contribution in [-0.4, -0.2) is 36.2 Å². The standard InChI is InChI=1S/C14H13Cl2F3N2O3/c15-7-2-9(11(22)10(16)3-7)13(24)20-4-6-1-8(6)12(23)21-5-14(17,18)19/h2-3,6,8,22H,1,4-5H2,(H,20,24)(H,21,23). The minimum absolute atomic E-state index is 0.0801. The molecule has 0 spiro atoms. The molecule has 0 aliphatic heterocycles. The number of phenols is 1. The van der Waals surface area contributed by atoms with Gasteiger partial charge >= 0.3 is 6.18 Å². The van der Waals surface area contributed by atoms with Gasteiger partial charge in [-0.1, -0.05) is 23.2 Å². The Morgan fingerprint density at radius 2 is 1.92 bits per heavy atom. The van der Waals surface area contributed by atoms with Crippen LogP contribution in [0.5, 0.6) is 5.75 Å². The maximum absolute atomic E-state index is 12.0. The molecule has 2 atom stereocenters. The molecule has 2 unspecified atom stereocenters. The van der Waals surface area contributed by atoms with E-state index in [0.717, 1.165) is 0 Å². The minimum atomic E-state index is -4.46. The van der Waals surface area contributed by atoms with Crippen molar-refractivity contribution in [2.24, 2.45) is 11.8 Å². The molecule has 0 saturated heterocycles. The zero-order valence-corrected chi connectivity index (χ0v) is 13.6. The lowest BCUT2D eigenvalue weighted by Gasteiger charge is -2.09. The third kappa shape index (κ3) is 4.91. The van der Waals surface area contributed by atoms with Crippen molar-refractivity contribution in [3.05, 3.63) is 27.7 Å². The fraction of sp³-hybridized carbons (Fsp3) is 0.429. The van der Waals surface area contributed by atoms with Crippen LogP contribution in [0, 0.1) is 11.8 Å². The summed E-state index contributed by atoms with van der Waals surface area (Å²) in [6, 6.07) is 2.51. The van der Waals surface area contributed by atoms with Gasteiger partial charge in [0.25, 0.3) is 5.91 Å². The molecule has 132 valence electrons. The first-order chi connectivity index (χ1) is 11.1. The van der Waals surface area contributed by atoms with E-state index in [2.05, 4.69) is 5.32 Å². The van der Waals surface area contributed by atoms with Gasteiger partial charge in [0.05, 0.1) is 10.6 Å². The zero-order chi connectivity index (χ0) is 18.1. The molecular formula is C14H13Cl2F3N2O3. The van der Waals surface area contributed by atoms with Gasteiger partial charge in [-0.3, -0.25) is 9.59 Å². The second-order valence-electron chi connectivity index (χ2n) is 5.43. The summed E-state index contributed by atoms with van der Waals surface area (Å²) in [7, 11) is 0. The number of hydrogen-bond donors (Lipinski definition) is 3. The van der Waals surface area contributed by atoms with Crippen molar-refractivity contribution in [1.82, 2.24) is 10.6 Å². The van der Waals surface area contributed by atoms with Crippen molar-refractivity contribution >= 4 is 35.0 Å². The van der Waals surface area contributed by atoms with Gasteiger partial charge in [0.15, 0.2) is 0 Å². The van der Waals surface area contributed by atoms with Gasteiger partial charge in [-0.15, -0.1) is 0 Å². The molecular weight excluding hydrogens is 372 g/mol. The summed E-state index contributed by atoms with van der Waals surface area (Å²) in [6.45, 7) is -1.29. The van der Waals surface area contributed by atoms with E-state index in [1.807, 2.05) is 0 Å². The van der Waals surface area contributed by atoms with Crippen LogP contribution in [0.1, 0.15) is 16.8 Å². The van der Waals surface area contributed by atoms with Crippen molar-refractivity contribution in [2.45, 2.75) is 12.6 Å². The predicted octanol–water partition coefficient (Wildman–Crippen LogP) is 2.74. The van der Waals surface area contributed by atoms with Gasteiger partial charge < -0.3 is 15.7 Å². The van der Waals surface area contributed by atoms with Crippen molar-refractivity contribution in [3.8, 4) is 5.75 Å². The van der Waals surface area contributed by atoms with Gasteiger partial charge in [0.2, 0.25) is 5.91 Å². The fourth-order valence-corrected chi connectivity index (χ4v) is 2.66. The highest BCUT2D eigenvalue weighted by atomic mass is 35.5. The van der Waals surface area contributed by atoms with E-state index < -0.39 is 36.2 Å². The van der Waals surface area contributed by atoms with E-state index in [-0.39, 0.29) is 28.1 Å². The van der Waals surface area contributed by atoms with Crippen molar-refractivity contribution in [2.75, 3.05) is 13.1 Å². The third-order valence-corrected chi connectivity index (χ3v) is 4.03. The Balaban J connectivity index is 1.83. The second-order valence-corrected chi connectivity index (χ2v) is 6.27. The molecule has 1 saturated carbocycles. The summed E-state index contributed by atoms with van der Waals surface area (Å²) in [5.74, 6) is -2.57. The first kappa shape index (κ1) is 18.7. The van der Waals surface area contributed by atoms with Crippen molar-refractivity contribution in [1.29, 1.82) is 0 Å². The molecule has 1 aromatic rings. The number of carbonyl (C=O) groups is 2. The minimum Gasteiger partial charge on any atom is -0.506 e. The van der Waals surface area contributed by atoms with Gasteiger partial charge in [-0.25, -0.2) is 0 Å². The van der Waals surface area contributed by atoms with Crippen LogP contribution in [0.3, 0.4) is 0 Å². The van der Waals surface area contributed by atoms with Crippen molar-refractivity contribution < 1.29 is 27.9 Å². The highest BCUT2D eigenvalue weighted by molar-refractivity contribution is 6.36. The van der Waals surface area contributed by atoms with Crippen LogP contribution in [0.2, 0.25) is 10.0 Å². The number of rotatable bonds is 5. The van der Waals surface area contributed by atoms with Crippen LogP contribution in [-0.2, 0) is 4.79 Å². The van der Waals surface area contributed by atoms with Crippen LogP contribution in [0.4, 0.5) is 13.2 Å². The van der Waals surface area contributed by atoms with Crippen LogP contribution < -0.4 is 10.6 Å². The quantitative estimate of drug-likeness (QED) is 0.730. The number of alkyl halides is 3. The molecule has 2 amide bonds. The number of amides is 2. The van der Waals surface area contributed by atoms with Gasteiger partial charge in [0, 0.05) is 17.5 Å². The van der Waals surface area contributed by atoms with E-state index in [9.17, 15) is 27.9 Å². The highest BCUT2D eigenvalue weighted by Crippen LogP contribution is 2.38. The van der Waals surface area contributed by atoms with E-state index in [1.54, 1.807) is 5.32 Å². The SMILES string of the molecule is O=C(NCC1CC1C(=O)NCC(F)(F)F)c1cc(Cl)cc(Cl)c1O. The van der Waals surface area contributed by atoms with Crippen LogP contribution >= 0.6 is 23.2 Å². The number of hydrogen-bond acceptors (Lipinski definition) is 3. The van der Waals surface area contributed by atoms with Crippen molar-refractivity contribution in [3.63, 3.8) is 0 Å². The predicted molar refractivity (Wildman–Crippen MR) is 81.1 cm³/mol. The Kier molecular flexibility index (Phi) is 5.49. The molecule has 0 radical (unpaired) electrons. The lowest BCUT2D eigenvalue weighted by molar-refractivity contribution is -0.139. The topological polar surface area (TPSA) is 78.4 Å². The Labute approximate surface area is 145 Å². The summed E-state index contributed by atoms with van der Waals surface area (Å²) in [4.78, 5) is 23.5. The molecule has 1 aliphatic rings. The summed E-state index contributed by atoms with van der Waals surface area (Å²) >= 11 is 11.5. The average molecular weight is 385 g/mol. The number of aromatic hydroxyl groups is 1. The highest BCUT2D eigenvalue weighted by Gasteiger charge is 2.43. The Bertz CT molecular complexity index is 667. The molecule has 5 nitrogen and oxygen atoms in total. The molecule has 0 aromatic heterocycles. The number of carbonyl (C=O) groups excluding carboxylic acids is 2. The molecule has 0 heterocycles. The molecule has 1 aromatic carbocycles. The molecule has 10 heteroatoms. The average Bonchev–Trinajstić information content (AvgIpc) is 3.25. The van der Waals surface area contributed by atoms with Crippen LogP contribution in [0.25, 0.3) is 0 Å². The summed E-state index contributed by atoms with van der Waals surface area (Å²) < 4.78 is 36.1.